The van der Waals surface area contributed by atoms with Crippen molar-refractivity contribution in [2.24, 2.45) is 5.41 Å². The Hall–Kier alpha value is -5.53. The molecule has 2 aromatic carbocycles. The number of benzene rings is 2. The zero-order valence-corrected chi connectivity index (χ0v) is 35.3. The van der Waals surface area contributed by atoms with E-state index in [-0.39, 0.29) is 66.6 Å². The predicted molar refractivity (Wildman–Crippen MR) is 224 cm³/mol. The second kappa shape index (κ2) is 21.0. The molecule has 0 radical (unpaired) electrons. The van der Waals surface area contributed by atoms with Crippen molar-refractivity contribution in [3.05, 3.63) is 93.8 Å². The summed E-state index contributed by atoms with van der Waals surface area (Å²) in [6, 6.07) is 13.8. The number of amides is 5. The molecule has 4 aromatic rings. The monoisotopic (exact) mass is 892 g/mol. The molecular weight excluding hydrogens is 847 g/mol. The van der Waals surface area contributed by atoms with Crippen LogP contribution in [-0.4, -0.2) is 109 Å². The topological polar surface area (TPSA) is 197 Å². The fourth-order valence-electron chi connectivity index (χ4n) is 7.61. The fraction of sp³-hybridized carbons (Fsp3) is 0.419. The highest BCUT2D eigenvalue weighted by Gasteiger charge is 2.45. The van der Waals surface area contributed by atoms with Gasteiger partial charge < -0.3 is 34.3 Å². The van der Waals surface area contributed by atoms with Gasteiger partial charge in [0.2, 0.25) is 17.7 Å². The molecule has 1 atom stereocenters. The summed E-state index contributed by atoms with van der Waals surface area (Å²) in [7, 11) is 0. The smallest absolute Gasteiger partial charge is 0.262 e. The van der Waals surface area contributed by atoms with Crippen molar-refractivity contribution in [1.82, 2.24) is 25.5 Å². The molecule has 3 aliphatic rings. The Morgan fingerprint density at radius 3 is 2.37 bits per heavy atom. The van der Waals surface area contributed by atoms with E-state index in [1.165, 1.54) is 29.5 Å². The molecule has 2 aromatic heterocycles. The molecule has 1 saturated heterocycles. The number of anilines is 2. The highest BCUT2D eigenvalue weighted by Crippen LogP contribution is 2.41. The number of hydrogen-bond donors (Lipinski definition) is 3. The molecule has 0 bridgehead atoms. The minimum atomic E-state index is -1.04. The van der Waals surface area contributed by atoms with E-state index in [1.807, 2.05) is 23.6 Å². The summed E-state index contributed by atoms with van der Waals surface area (Å²) in [5.74, 6) is -1.91. The first-order chi connectivity index (χ1) is 30.1. The molecule has 16 nitrogen and oxygen atoms in total. The average molecular weight is 893 g/mol. The van der Waals surface area contributed by atoms with Gasteiger partial charge in [-0.15, -0.1) is 11.3 Å². The number of halogens is 2. The van der Waals surface area contributed by atoms with Crippen LogP contribution in [0.15, 0.2) is 66.2 Å². The van der Waals surface area contributed by atoms with Gasteiger partial charge in [-0.1, -0.05) is 23.7 Å². The quantitative estimate of drug-likeness (QED) is 0.0724. The minimum absolute atomic E-state index is 0.00828. The zero-order valence-electron chi connectivity index (χ0n) is 33.7. The molecule has 5 amide bonds. The summed E-state index contributed by atoms with van der Waals surface area (Å²) in [6.45, 7) is 2.25. The van der Waals surface area contributed by atoms with Crippen molar-refractivity contribution in [2.45, 2.75) is 57.1 Å². The highest BCUT2D eigenvalue weighted by atomic mass is 35.5. The van der Waals surface area contributed by atoms with Gasteiger partial charge in [-0.3, -0.25) is 34.2 Å². The lowest BCUT2D eigenvalue weighted by molar-refractivity contribution is -0.136. The van der Waals surface area contributed by atoms with E-state index in [4.69, 9.17) is 40.3 Å². The average Bonchev–Trinajstić information content (AvgIpc) is 3.86. The first-order valence-electron chi connectivity index (χ1n) is 20.3. The second-order valence-electron chi connectivity index (χ2n) is 14.9. The largest absolute Gasteiger partial charge is 0.491 e. The molecule has 1 saturated carbocycles. The number of rotatable bonds is 21. The number of fused-ring (bicyclic) bond motifs is 1. The number of ether oxygens (including phenoxy) is 5. The number of carbonyl (C=O) groups is 5. The van der Waals surface area contributed by atoms with Crippen LogP contribution in [0.3, 0.4) is 0 Å². The summed E-state index contributed by atoms with van der Waals surface area (Å²) in [5, 5.41) is 11.0. The molecule has 328 valence electrons. The van der Waals surface area contributed by atoms with E-state index in [0.717, 1.165) is 10.6 Å². The van der Waals surface area contributed by atoms with E-state index in [0.29, 0.717) is 81.8 Å². The molecule has 62 heavy (non-hydrogen) atoms. The number of hydrogen-bond acceptors (Lipinski definition) is 14. The van der Waals surface area contributed by atoms with Gasteiger partial charge >= 0.3 is 0 Å². The van der Waals surface area contributed by atoms with Crippen LogP contribution in [0.1, 0.15) is 64.9 Å². The number of thiazole rings is 1. The lowest BCUT2D eigenvalue weighted by Gasteiger charge is -2.39. The Labute approximate surface area is 365 Å². The Bertz CT molecular complexity index is 2240. The van der Waals surface area contributed by atoms with Gasteiger partial charge in [0.05, 0.1) is 67.3 Å². The third kappa shape index (κ3) is 11.1. The standard InChI is InChI=1S/C43H46ClFN6O10S/c44-32-4-2-5-34(37(32)45)61-28-11-13-43(14-12-28,26-27-3-1-6-35(48-27)49-42-47-16-24-62-42)41(56)46-15-17-57-18-19-58-20-21-59-22-23-60-29-7-8-30-31(25-29)40(55)51(39(30)54)33-9-10-36(52)50-38(33)53/h1-8,16,24-25,28,33H,9-15,17-23,26H2,(H,46,56)(H,47,48,49)(H,50,52,53). The van der Waals surface area contributed by atoms with E-state index < -0.39 is 40.9 Å². The second-order valence-corrected chi connectivity index (χ2v) is 16.2. The Kier molecular flexibility index (Phi) is 15.1. The molecule has 7 rings (SSSR count). The van der Waals surface area contributed by atoms with Crippen LogP contribution in [0.2, 0.25) is 5.02 Å². The summed E-state index contributed by atoms with van der Waals surface area (Å²) in [4.78, 5) is 73.6. The zero-order chi connectivity index (χ0) is 43.5. The molecule has 4 heterocycles. The number of imide groups is 2. The maximum atomic E-state index is 14.6. The number of aromatic nitrogens is 2. The molecule has 2 fully saturated rings. The van der Waals surface area contributed by atoms with E-state index in [9.17, 15) is 28.4 Å². The van der Waals surface area contributed by atoms with Crippen LogP contribution in [0.25, 0.3) is 0 Å². The summed E-state index contributed by atoms with van der Waals surface area (Å²) in [5.41, 5.74) is 0.292. The first kappa shape index (κ1) is 44.5. The maximum absolute atomic E-state index is 14.6. The SMILES string of the molecule is O=C1CCC(N2C(=O)c3ccc(OCCOCCOCCOCCNC(=O)C4(Cc5cccc(Nc6nccs6)n5)CCC(Oc5cccc(Cl)c5F)CC4)cc3C2=O)C(=O)N1. The number of pyridine rings is 1. The first-order valence-corrected chi connectivity index (χ1v) is 21.6. The van der Waals surface area contributed by atoms with Crippen molar-refractivity contribution in [2.75, 3.05) is 58.1 Å². The van der Waals surface area contributed by atoms with Crippen molar-refractivity contribution >= 4 is 63.4 Å². The predicted octanol–water partition coefficient (Wildman–Crippen LogP) is 5.27. The maximum Gasteiger partial charge on any atom is 0.262 e. The number of nitrogens with one attached hydrogen (secondary N) is 3. The van der Waals surface area contributed by atoms with Gasteiger partial charge in [-0.2, -0.15) is 0 Å². The van der Waals surface area contributed by atoms with Crippen molar-refractivity contribution in [3.8, 4) is 11.5 Å². The summed E-state index contributed by atoms with van der Waals surface area (Å²) < 4.78 is 43.2. The van der Waals surface area contributed by atoms with Crippen molar-refractivity contribution < 1.29 is 52.0 Å². The van der Waals surface area contributed by atoms with Gasteiger partial charge in [0.1, 0.15) is 24.2 Å². The van der Waals surface area contributed by atoms with Crippen LogP contribution >= 0.6 is 22.9 Å². The summed E-state index contributed by atoms with van der Waals surface area (Å²) in [6.07, 6.45) is 4.03. The molecule has 1 aliphatic carbocycles. The number of carbonyl (C=O) groups excluding carboxylic acids is 5. The molecule has 3 N–H and O–H groups in total. The van der Waals surface area contributed by atoms with E-state index in [1.54, 1.807) is 24.4 Å². The third-order valence-electron chi connectivity index (χ3n) is 10.8. The highest BCUT2D eigenvalue weighted by molar-refractivity contribution is 7.13. The molecule has 0 spiro atoms. The third-order valence-corrected chi connectivity index (χ3v) is 11.7. The Morgan fingerprint density at radius 1 is 0.903 bits per heavy atom. The molecule has 19 heteroatoms. The molecule has 2 aliphatic heterocycles. The van der Waals surface area contributed by atoms with Crippen molar-refractivity contribution in [1.29, 1.82) is 0 Å². The molecule has 1 unspecified atom stereocenters. The fourth-order valence-corrected chi connectivity index (χ4v) is 8.32. The Morgan fingerprint density at radius 2 is 1.63 bits per heavy atom. The van der Waals surface area contributed by atoms with Gasteiger partial charge in [0, 0.05) is 36.7 Å². The van der Waals surface area contributed by atoms with Gasteiger partial charge in [-0.05, 0) is 74.6 Å². The summed E-state index contributed by atoms with van der Waals surface area (Å²) >= 11 is 7.43. The van der Waals surface area contributed by atoms with E-state index >= 15 is 0 Å². The minimum Gasteiger partial charge on any atom is -0.491 e. The lowest BCUT2D eigenvalue weighted by atomic mass is 9.69. The molecular formula is C43H46ClFN6O10S. The lowest BCUT2D eigenvalue weighted by Crippen LogP contribution is -2.54. The van der Waals surface area contributed by atoms with Crippen molar-refractivity contribution in [3.63, 3.8) is 0 Å². The number of nitrogens with zero attached hydrogens (tertiary/aromatic N) is 3. The normalized spacial score (nSPS) is 19.9. The van der Waals surface area contributed by atoms with Crippen LogP contribution in [0, 0.1) is 11.2 Å². The van der Waals surface area contributed by atoms with Crippen LogP contribution in [0.4, 0.5) is 15.3 Å². The van der Waals surface area contributed by atoms with Crippen LogP contribution < -0.4 is 25.4 Å². The van der Waals surface area contributed by atoms with Crippen LogP contribution in [-0.2, 0) is 35.0 Å². The Balaban J connectivity index is 0.789. The van der Waals surface area contributed by atoms with Gasteiger partial charge in [0.25, 0.3) is 11.8 Å². The number of piperidine rings is 1. The van der Waals surface area contributed by atoms with Gasteiger partial charge in [-0.25, -0.2) is 14.4 Å². The van der Waals surface area contributed by atoms with Crippen LogP contribution in [0.5, 0.6) is 11.5 Å². The van der Waals surface area contributed by atoms with Gasteiger partial charge in [0.15, 0.2) is 16.7 Å². The van der Waals surface area contributed by atoms with E-state index in [2.05, 4.69) is 20.9 Å².